The highest BCUT2D eigenvalue weighted by molar-refractivity contribution is 5.20. The van der Waals surface area contributed by atoms with Crippen molar-refractivity contribution >= 4 is 0 Å². The van der Waals surface area contributed by atoms with Crippen molar-refractivity contribution in [1.29, 1.82) is 0 Å². The summed E-state index contributed by atoms with van der Waals surface area (Å²) in [7, 11) is 0. The van der Waals surface area contributed by atoms with Crippen LogP contribution in [-0.2, 0) is 6.54 Å². The van der Waals surface area contributed by atoms with Crippen LogP contribution >= 0.6 is 0 Å². The first-order valence-corrected chi connectivity index (χ1v) is 6.60. The number of nitrogens with two attached hydrogens (primary N) is 1. The van der Waals surface area contributed by atoms with Gasteiger partial charge < -0.3 is 11.2 Å². The summed E-state index contributed by atoms with van der Waals surface area (Å²) < 4.78 is 12.5. The molecule has 0 spiro atoms. The van der Waals surface area contributed by atoms with E-state index in [4.69, 9.17) is 5.73 Å². The summed E-state index contributed by atoms with van der Waals surface area (Å²) in [6.45, 7) is 8.48. The summed E-state index contributed by atoms with van der Waals surface area (Å²) >= 11 is 0. The molecule has 0 fully saturated rings. The Labute approximate surface area is 121 Å². The first-order valence-electron chi connectivity index (χ1n) is 6.60. The molecule has 0 bridgehead atoms. The molecule has 3 heteroatoms. The van der Waals surface area contributed by atoms with Crippen LogP contribution < -0.4 is 5.73 Å². The van der Waals surface area contributed by atoms with Gasteiger partial charge in [-0.05, 0) is 19.9 Å². The van der Waals surface area contributed by atoms with E-state index in [1.54, 1.807) is 18.2 Å². The third-order valence-corrected chi connectivity index (χ3v) is 2.35. The van der Waals surface area contributed by atoms with Crippen molar-refractivity contribution in [3.8, 4) is 0 Å². The number of benzene rings is 2. The fourth-order valence-corrected chi connectivity index (χ4v) is 1.47. The zero-order chi connectivity index (χ0) is 14.7. The lowest BCUT2D eigenvalue weighted by Gasteiger charge is -1.94. The highest BCUT2D eigenvalue weighted by Crippen LogP contribution is 2.03. The van der Waals surface area contributed by atoms with Crippen LogP contribution in [0.1, 0.15) is 30.5 Å². The molecule has 0 aliphatic carbocycles. The second-order valence-corrected chi connectivity index (χ2v) is 3.95. The predicted molar refractivity (Wildman–Crippen MR) is 85.2 cm³/mol. The van der Waals surface area contributed by atoms with Gasteiger partial charge in [-0.1, -0.05) is 67.4 Å². The number of rotatable bonds is 1. The Bertz CT molecular complexity index is 455. The molecule has 2 rings (SSSR count). The summed E-state index contributed by atoms with van der Waals surface area (Å²) in [5.41, 5.74) is 8.45. The second kappa shape index (κ2) is 12.3. The van der Waals surface area contributed by atoms with E-state index in [1.165, 1.54) is 17.2 Å². The third kappa shape index (κ3) is 8.40. The van der Waals surface area contributed by atoms with Gasteiger partial charge in [0.15, 0.2) is 0 Å². The Balaban J connectivity index is 0. The number of aryl methyl sites for hydroxylation is 2. The van der Waals surface area contributed by atoms with Crippen molar-refractivity contribution in [3.63, 3.8) is 0 Å². The van der Waals surface area contributed by atoms with Gasteiger partial charge in [-0.3, -0.25) is 0 Å². The molecule has 0 saturated heterocycles. The summed E-state index contributed by atoms with van der Waals surface area (Å²) in [4.78, 5) is 0. The maximum atomic E-state index is 12.5. The molecule has 112 valence electrons. The predicted octanol–water partition coefficient (Wildman–Crippen LogP) is 3.79. The smallest absolute Gasteiger partial charge is 0.127 e. The fourth-order valence-electron chi connectivity index (χ4n) is 1.47. The van der Waals surface area contributed by atoms with Gasteiger partial charge in [0.25, 0.3) is 0 Å². The summed E-state index contributed by atoms with van der Waals surface area (Å²) in [6, 6.07) is 14.9. The lowest BCUT2D eigenvalue weighted by Crippen LogP contribution is -1.98. The molecule has 0 atom stereocenters. The van der Waals surface area contributed by atoms with Crippen LogP contribution in [0.25, 0.3) is 0 Å². The Morgan fingerprint density at radius 3 is 1.70 bits per heavy atom. The Hall–Kier alpha value is -1.71. The molecule has 2 nitrogen and oxygen atoms in total. The monoisotopic (exact) mass is 279 g/mol. The summed E-state index contributed by atoms with van der Waals surface area (Å²) in [6.07, 6.45) is 0. The maximum absolute atomic E-state index is 12.5. The SMILES string of the molecule is CC.Cc1cccc(C)c1.NCc1ccccc1F.O. The van der Waals surface area contributed by atoms with E-state index in [-0.39, 0.29) is 17.8 Å². The Morgan fingerprint density at radius 2 is 1.40 bits per heavy atom. The minimum absolute atomic E-state index is 0. The van der Waals surface area contributed by atoms with Crippen LogP contribution in [-0.4, -0.2) is 5.48 Å². The van der Waals surface area contributed by atoms with Gasteiger partial charge in [0.05, 0.1) is 0 Å². The number of hydrogen-bond acceptors (Lipinski definition) is 1. The van der Waals surface area contributed by atoms with Crippen LogP contribution in [0, 0.1) is 19.7 Å². The molecule has 2 aromatic carbocycles. The van der Waals surface area contributed by atoms with Gasteiger partial charge in [0.2, 0.25) is 0 Å². The van der Waals surface area contributed by atoms with Crippen LogP contribution in [0.3, 0.4) is 0 Å². The molecule has 0 saturated carbocycles. The highest BCUT2D eigenvalue weighted by atomic mass is 19.1. The van der Waals surface area contributed by atoms with E-state index in [0.717, 1.165) is 0 Å². The summed E-state index contributed by atoms with van der Waals surface area (Å²) in [5, 5.41) is 0. The molecule has 0 amide bonds. The van der Waals surface area contributed by atoms with Crippen molar-refractivity contribution in [3.05, 3.63) is 71.0 Å². The van der Waals surface area contributed by atoms with Crippen molar-refractivity contribution in [2.75, 3.05) is 0 Å². The van der Waals surface area contributed by atoms with E-state index in [2.05, 4.69) is 38.1 Å². The zero-order valence-electron chi connectivity index (χ0n) is 12.8. The number of hydrogen-bond donors (Lipinski definition) is 1. The molecule has 20 heavy (non-hydrogen) atoms. The molecule has 0 unspecified atom stereocenters. The largest absolute Gasteiger partial charge is 0.412 e. The minimum atomic E-state index is -0.222. The molecular formula is C17H26FNO. The van der Waals surface area contributed by atoms with Gasteiger partial charge in [-0.25, -0.2) is 4.39 Å². The van der Waals surface area contributed by atoms with Gasteiger partial charge >= 0.3 is 0 Å². The van der Waals surface area contributed by atoms with Crippen LogP contribution in [0.4, 0.5) is 4.39 Å². The van der Waals surface area contributed by atoms with Crippen LogP contribution in [0.5, 0.6) is 0 Å². The van der Waals surface area contributed by atoms with Crippen LogP contribution in [0.15, 0.2) is 48.5 Å². The standard InChI is InChI=1S/C8H10.C7H8FN.C2H6.H2O/c1-7-4-3-5-8(2)6-7;8-7-4-2-1-3-6(7)5-9;1-2;/h3-6H,1-2H3;1-4H,5,9H2;1-2H3;1H2. The molecule has 0 aromatic heterocycles. The normalized spacial score (nSPS) is 8.30. The molecular weight excluding hydrogens is 253 g/mol. The topological polar surface area (TPSA) is 57.5 Å². The average molecular weight is 279 g/mol. The zero-order valence-corrected chi connectivity index (χ0v) is 12.8. The van der Waals surface area contributed by atoms with E-state index in [9.17, 15) is 4.39 Å². The van der Waals surface area contributed by atoms with Gasteiger partial charge in [-0.2, -0.15) is 0 Å². The second-order valence-electron chi connectivity index (χ2n) is 3.95. The molecule has 0 radical (unpaired) electrons. The third-order valence-electron chi connectivity index (χ3n) is 2.35. The average Bonchev–Trinajstić information content (AvgIpc) is 2.42. The van der Waals surface area contributed by atoms with Crippen molar-refractivity contribution in [2.45, 2.75) is 34.2 Å². The first-order chi connectivity index (χ1) is 9.13. The molecule has 0 aliphatic heterocycles. The van der Waals surface area contributed by atoms with Gasteiger partial charge in [-0.15, -0.1) is 0 Å². The lowest BCUT2D eigenvalue weighted by molar-refractivity contribution is 0.610. The molecule has 4 N–H and O–H groups in total. The lowest BCUT2D eigenvalue weighted by atomic mass is 10.2. The Kier molecular flexibility index (Phi) is 12.7. The van der Waals surface area contributed by atoms with E-state index < -0.39 is 0 Å². The van der Waals surface area contributed by atoms with Gasteiger partial charge in [0, 0.05) is 12.1 Å². The minimum Gasteiger partial charge on any atom is -0.412 e. The fraction of sp³-hybridized carbons (Fsp3) is 0.294. The van der Waals surface area contributed by atoms with Crippen molar-refractivity contribution < 1.29 is 9.87 Å². The molecule has 2 aromatic rings. The molecule has 0 aliphatic rings. The van der Waals surface area contributed by atoms with E-state index in [1.807, 2.05) is 13.8 Å². The van der Waals surface area contributed by atoms with E-state index in [0.29, 0.717) is 5.56 Å². The van der Waals surface area contributed by atoms with Crippen molar-refractivity contribution in [2.24, 2.45) is 5.73 Å². The first kappa shape index (κ1) is 20.6. The Morgan fingerprint density at radius 1 is 0.900 bits per heavy atom. The number of halogens is 1. The highest BCUT2D eigenvalue weighted by Gasteiger charge is 1.94. The van der Waals surface area contributed by atoms with Crippen LogP contribution in [0.2, 0.25) is 0 Å². The van der Waals surface area contributed by atoms with E-state index >= 15 is 0 Å². The quantitative estimate of drug-likeness (QED) is 0.848. The summed E-state index contributed by atoms with van der Waals surface area (Å²) in [5.74, 6) is -0.222. The molecule has 0 heterocycles. The van der Waals surface area contributed by atoms with Crippen molar-refractivity contribution in [1.82, 2.24) is 0 Å². The maximum Gasteiger partial charge on any atom is 0.127 e. The van der Waals surface area contributed by atoms with Gasteiger partial charge in [0.1, 0.15) is 5.82 Å².